The van der Waals surface area contributed by atoms with Crippen LogP contribution in [0, 0.1) is 0 Å². The highest BCUT2D eigenvalue weighted by molar-refractivity contribution is 9.10. The van der Waals surface area contributed by atoms with Crippen LogP contribution in [0.25, 0.3) is 0 Å². The highest BCUT2D eigenvalue weighted by Crippen LogP contribution is 2.27. The van der Waals surface area contributed by atoms with Gasteiger partial charge in [0.05, 0.1) is 21.8 Å². The number of hydrogen-bond donors (Lipinski definition) is 3. The van der Waals surface area contributed by atoms with Crippen LogP contribution in [-0.2, 0) is 0 Å². The molecule has 1 unspecified atom stereocenters. The minimum absolute atomic E-state index is 0.0235. The predicted octanol–water partition coefficient (Wildman–Crippen LogP) is 4.89. The number of ether oxygens (including phenoxy) is 1. The van der Waals surface area contributed by atoms with Gasteiger partial charge in [-0.25, -0.2) is 0 Å². The lowest BCUT2D eigenvalue weighted by Gasteiger charge is -2.16. The molecule has 0 saturated carbocycles. The molecule has 1 atom stereocenters. The van der Waals surface area contributed by atoms with Crippen molar-refractivity contribution in [3.63, 3.8) is 0 Å². The highest BCUT2D eigenvalue weighted by atomic mass is 79.9. The molecule has 0 bridgehead atoms. The Bertz CT molecular complexity index is 934. The lowest BCUT2D eigenvalue weighted by Crippen LogP contribution is -2.36. The van der Waals surface area contributed by atoms with Crippen LogP contribution >= 0.6 is 28.1 Å². The summed E-state index contributed by atoms with van der Waals surface area (Å²) in [7, 11) is 0. The monoisotopic (exact) mass is 491 g/mol. The lowest BCUT2D eigenvalue weighted by atomic mass is 10.1. The van der Waals surface area contributed by atoms with E-state index in [9.17, 15) is 9.59 Å². The van der Waals surface area contributed by atoms with Crippen molar-refractivity contribution in [3.05, 3.63) is 58.1 Å². The Hall–Kier alpha value is -2.45. The number of hydrogen-bond acceptors (Lipinski definition) is 4. The highest BCUT2D eigenvalue weighted by Gasteiger charge is 2.15. The van der Waals surface area contributed by atoms with Crippen LogP contribution in [0.5, 0.6) is 5.75 Å². The van der Waals surface area contributed by atoms with Gasteiger partial charge in [0.25, 0.3) is 11.8 Å². The van der Waals surface area contributed by atoms with Crippen molar-refractivity contribution in [1.29, 1.82) is 0 Å². The van der Waals surface area contributed by atoms with Crippen LogP contribution in [0.3, 0.4) is 0 Å². The van der Waals surface area contributed by atoms with E-state index in [1.165, 1.54) is 0 Å². The molecule has 0 saturated heterocycles. The van der Waals surface area contributed by atoms with Gasteiger partial charge < -0.3 is 15.4 Å². The Balaban J connectivity index is 2.07. The van der Waals surface area contributed by atoms with Crippen LogP contribution in [0.2, 0.25) is 0 Å². The fourth-order valence-electron chi connectivity index (χ4n) is 2.51. The Labute approximate surface area is 190 Å². The first-order valence-electron chi connectivity index (χ1n) is 9.69. The van der Waals surface area contributed by atoms with Gasteiger partial charge in [-0.1, -0.05) is 19.1 Å². The third kappa shape index (κ3) is 6.81. The van der Waals surface area contributed by atoms with Crippen LogP contribution in [0.4, 0.5) is 5.69 Å². The summed E-state index contributed by atoms with van der Waals surface area (Å²) in [6, 6.07) is 12.1. The van der Waals surface area contributed by atoms with Crippen LogP contribution in [-0.4, -0.2) is 29.1 Å². The fourth-order valence-corrected chi connectivity index (χ4v) is 3.19. The molecule has 0 aliphatic carbocycles. The maximum absolute atomic E-state index is 12.6. The van der Waals surface area contributed by atoms with E-state index < -0.39 is 0 Å². The zero-order chi connectivity index (χ0) is 22.3. The molecule has 0 spiro atoms. The number of nitrogens with one attached hydrogen (secondary N) is 3. The first-order valence-corrected chi connectivity index (χ1v) is 10.9. The Morgan fingerprint density at radius 1 is 1.10 bits per heavy atom. The van der Waals surface area contributed by atoms with Crippen molar-refractivity contribution in [2.45, 2.75) is 46.3 Å². The summed E-state index contributed by atoms with van der Waals surface area (Å²) in [5.74, 6) is 0.0839. The molecule has 2 rings (SSSR count). The third-order valence-corrected chi connectivity index (χ3v) is 5.02. The zero-order valence-corrected chi connectivity index (χ0v) is 19.8. The number of benzene rings is 2. The maximum Gasteiger partial charge on any atom is 0.257 e. The fraction of sp³-hybridized carbons (Fsp3) is 0.318. The van der Waals surface area contributed by atoms with E-state index in [-0.39, 0.29) is 29.1 Å². The molecule has 2 amide bonds. The third-order valence-electron chi connectivity index (χ3n) is 4.19. The van der Waals surface area contributed by atoms with E-state index in [0.29, 0.717) is 27.0 Å². The van der Waals surface area contributed by atoms with Gasteiger partial charge in [0.2, 0.25) is 0 Å². The van der Waals surface area contributed by atoms with Crippen molar-refractivity contribution >= 4 is 50.8 Å². The Morgan fingerprint density at radius 2 is 1.80 bits per heavy atom. The number of para-hydroxylation sites is 1. The summed E-state index contributed by atoms with van der Waals surface area (Å²) in [5.41, 5.74) is 1.39. The predicted molar refractivity (Wildman–Crippen MR) is 127 cm³/mol. The largest absolute Gasteiger partial charge is 0.490 e. The molecule has 0 aliphatic rings. The summed E-state index contributed by atoms with van der Waals surface area (Å²) >= 11 is 8.69. The number of carbonyl (C=O) groups excluding carboxylic acids is 2. The molecule has 2 aromatic carbocycles. The van der Waals surface area contributed by atoms with Gasteiger partial charge in [-0.05, 0) is 85.7 Å². The number of anilines is 1. The summed E-state index contributed by atoms with van der Waals surface area (Å²) < 4.78 is 6.33. The van der Waals surface area contributed by atoms with E-state index in [4.69, 9.17) is 17.0 Å². The molecule has 0 heterocycles. The molecule has 8 heteroatoms. The summed E-state index contributed by atoms with van der Waals surface area (Å²) in [6.07, 6.45) is 0.849. The number of rotatable bonds is 7. The topological polar surface area (TPSA) is 79.5 Å². The van der Waals surface area contributed by atoms with Gasteiger partial charge in [-0.3, -0.25) is 14.9 Å². The number of amides is 2. The van der Waals surface area contributed by atoms with E-state index in [1.54, 1.807) is 42.5 Å². The summed E-state index contributed by atoms with van der Waals surface area (Å²) in [6.45, 7) is 7.80. The van der Waals surface area contributed by atoms with Crippen molar-refractivity contribution in [3.8, 4) is 5.75 Å². The van der Waals surface area contributed by atoms with Gasteiger partial charge in [-0.15, -0.1) is 0 Å². The molecule has 6 nitrogen and oxygen atoms in total. The van der Waals surface area contributed by atoms with E-state index in [2.05, 4.69) is 31.9 Å². The molecule has 0 aromatic heterocycles. The molecular weight excluding hydrogens is 466 g/mol. The van der Waals surface area contributed by atoms with E-state index >= 15 is 0 Å². The molecule has 0 radical (unpaired) electrons. The van der Waals surface area contributed by atoms with Gasteiger partial charge in [0.1, 0.15) is 5.75 Å². The Morgan fingerprint density at radius 3 is 2.43 bits per heavy atom. The second-order valence-corrected chi connectivity index (χ2v) is 8.31. The van der Waals surface area contributed by atoms with Crippen LogP contribution in [0.1, 0.15) is 54.8 Å². The lowest BCUT2D eigenvalue weighted by molar-refractivity contribution is 0.0938. The SMILES string of the molecule is CCC(C)NC(=O)c1ccccc1NC(=S)NC(=O)c1ccc(OC(C)C)c(Br)c1. The molecule has 160 valence electrons. The first-order chi connectivity index (χ1) is 14.2. The van der Waals surface area contributed by atoms with Crippen LogP contribution in [0.15, 0.2) is 46.9 Å². The maximum atomic E-state index is 12.6. The smallest absolute Gasteiger partial charge is 0.257 e. The van der Waals surface area contributed by atoms with E-state index in [0.717, 1.165) is 6.42 Å². The zero-order valence-electron chi connectivity index (χ0n) is 17.4. The van der Waals surface area contributed by atoms with Gasteiger partial charge in [0, 0.05) is 11.6 Å². The molecule has 30 heavy (non-hydrogen) atoms. The molecule has 0 aliphatic heterocycles. The normalized spacial score (nSPS) is 11.5. The summed E-state index contributed by atoms with van der Waals surface area (Å²) in [5, 5.41) is 8.60. The minimum Gasteiger partial charge on any atom is -0.490 e. The average molecular weight is 492 g/mol. The summed E-state index contributed by atoms with van der Waals surface area (Å²) in [4.78, 5) is 25.1. The second kappa shape index (κ2) is 11.1. The quantitative estimate of drug-likeness (QED) is 0.480. The Kier molecular flexibility index (Phi) is 8.80. The minimum atomic E-state index is -0.370. The number of halogens is 1. The average Bonchev–Trinajstić information content (AvgIpc) is 2.69. The molecular formula is C22H26BrN3O3S. The van der Waals surface area contributed by atoms with Crippen molar-refractivity contribution in [2.24, 2.45) is 0 Å². The molecule has 2 aromatic rings. The van der Waals surface area contributed by atoms with Gasteiger partial charge in [0.15, 0.2) is 5.11 Å². The number of carbonyl (C=O) groups is 2. The van der Waals surface area contributed by atoms with Crippen LogP contribution < -0.4 is 20.7 Å². The molecule has 0 fully saturated rings. The number of thiocarbonyl (C=S) groups is 1. The first kappa shape index (κ1) is 23.8. The van der Waals surface area contributed by atoms with Crippen molar-refractivity contribution in [2.75, 3.05) is 5.32 Å². The standard InChI is InChI=1S/C22H26BrN3O3S/c1-5-14(4)24-21(28)16-8-6-7-9-18(16)25-22(30)26-20(27)15-10-11-19(17(23)12-15)29-13(2)3/h6-14H,5H2,1-4H3,(H,24,28)(H2,25,26,27,30). The van der Waals surface area contributed by atoms with E-state index in [1.807, 2.05) is 27.7 Å². The van der Waals surface area contributed by atoms with Gasteiger partial charge in [-0.2, -0.15) is 0 Å². The van der Waals surface area contributed by atoms with Crippen molar-refractivity contribution < 1.29 is 14.3 Å². The van der Waals surface area contributed by atoms with Crippen molar-refractivity contribution in [1.82, 2.24) is 10.6 Å². The van der Waals surface area contributed by atoms with Gasteiger partial charge >= 0.3 is 0 Å². The molecule has 3 N–H and O–H groups in total. The second-order valence-electron chi connectivity index (χ2n) is 7.05.